The van der Waals surface area contributed by atoms with E-state index in [-0.39, 0.29) is 11.9 Å². The van der Waals surface area contributed by atoms with Gasteiger partial charge in [-0.05, 0) is 17.7 Å². The van der Waals surface area contributed by atoms with Crippen molar-refractivity contribution in [3.05, 3.63) is 60.3 Å². The van der Waals surface area contributed by atoms with Gasteiger partial charge in [0.25, 0.3) is 0 Å². The lowest BCUT2D eigenvalue weighted by Crippen LogP contribution is -2.53. The van der Waals surface area contributed by atoms with Crippen LogP contribution in [0.25, 0.3) is 10.7 Å². The average Bonchev–Trinajstić information content (AvgIpc) is 3.17. The summed E-state index contributed by atoms with van der Waals surface area (Å²) in [6.07, 6.45) is 1.67. The Morgan fingerprint density at radius 1 is 1.15 bits per heavy atom. The summed E-state index contributed by atoms with van der Waals surface area (Å²) in [6.45, 7) is 0.813. The Morgan fingerprint density at radius 2 is 1.96 bits per heavy atom. The molecule has 27 heavy (non-hydrogen) atoms. The van der Waals surface area contributed by atoms with Crippen LogP contribution in [0.3, 0.4) is 0 Å². The molecule has 1 saturated heterocycles. The zero-order chi connectivity index (χ0) is 18.6. The molecule has 3 amide bonds. The summed E-state index contributed by atoms with van der Waals surface area (Å²) >= 11 is 1.23. The molecule has 1 fully saturated rings. The van der Waals surface area contributed by atoms with Gasteiger partial charge >= 0.3 is 6.03 Å². The first-order valence-corrected chi connectivity index (χ1v) is 9.19. The molecule has 0 saturated carbocycles. The van der Waals surface area contributed by atoms with E-state index in [1.807, 2.05) is 48.5 Å². The highest BCUT2D eigenvalue weighted by atomic mass is 32.1. The predicted octanol–water partition coefficient (Wildman–Crippen LogP) is 2.31. The molecule has 1 aliphatic heterocycles. The normalized spacial score (nSPS) is 16.7. The van der Waals surface area contributed by atoms with E-state index in [2.05, 4.69) is 25.8 Å². The van der Waals surface area contributed by atoms with Crippen LogP contribution in [-0.4, -0.2) is 45.1 Å². The molecule has 0 bridgehead atoms. The minimum absolute atomic E-state index is 0.200. The van der Waals surface area contributed by atoms with Crippen molar-refractivity contribution in [3.63, 3.8) is 0 Å². The molecule has 9 heteroatoms. The Bertz CT molecular complexity index is 947. The van der Waals surface area contributed by atoms with Crippen molar-refractivity contribution in [1.29, 1.82) is 0 Å². The van der Waals surface area contributed by atoms with Crippen LogP contribution in [0.2, 0.25) is 0 Å². The number of piperazine rings is 1. The highest BCUT2D eigenvalue weighted by molar-refractivity contribution is 7.18. The Labute approximate surface area is 159 Å². The molecule has 1 unspecified atom stereocenters. The summed E-state index contributed by atoms with van der Waals surface area (Å²) in [6, 6.07) is 13.7. The highest BCUT2D eigenvalue weighted by Crippen LogP contribution is 2.27. The SMILES string of the molecule is O=C1NCCN(C(=O)Nc2nnc(-c3ccccn3)s2)C1c1ccccc1. The van der Waals surface area contributed by atoms with Crippen LogP contribution in [0.1, 0.15) is 11.6 Å². The van der Waals surface area contributed by atoms with Crippen LogP contribution in [0.15, 0.2) is 54.7 Å². The molecule has 8 nitrogen and oxygen atoms in total. The van der Waals surface area contributed by atoms with Crippen molar-refractivity contribution >= 4 is 28.4 Å². The molecule has 136 valence electrons. The van der Waals surface area contributed by atoms with E-state index in [0.717, 1.165) is 5.56 Å². The number of rotatable bonds is 3. The summed E-state index contributed by atoms with van der Waals surface area (Å²) in [7, 11) is 0. The second kappa shape index (κ2) is 7.50. The van der Waals surface area contributed by atoms with Gasteiger partial charge in [0.2, 0.25) is 11.0 Å². The van der Waals surface area contributed by atoms with E-state index in [1.54, 1.807) is 6.20 Å². The number of carbonyl (C=O) groups is 2. The van der Waals surface area contributed by atoms with Gasteiger partial charge in [0.1, 0.15) is 11.7 Å². The maximum atomic E-state index is 12.8. The monoisotopic (exact) mass is 380 g/mol. The molecule has 0 spiro atoms. The van der Waals surface area contributed by atoms with Gasteiger partial charge in [0, 0.05) is 19.3 Å². The van der Waals surface area contributed by atoms with E-state index in [4.69, 9.17) is 0 Å². The zero-order valence-corrected chi connectivity index (χ0v) is 15.0. The maximum Gasteiger partial charge on any atom is 0.324 e. The molecule has 2 N–H and O–H groups in total. The van der Waals surface area contributed by atoms with Crippen molar-refractivity contribution in [2.45, 2.75) is 6.04 Å². The van der Waals surface area contributed by atoms with E-state index in [0.29, 0.717) is 28.9 Å². The third-order valence-electron chi connectivity index (χ3n) is 4.11. The summed E-state index contributed by atoms with van der Waals surface area (Å²) in [5.41, 5.74) is 1.45. The first-order chi connectivity index (χ1) is 13.2. The number of nitrogens with zero attached hydrogens (tertiary/aromatic N) is 4. The number of anilines is 1. The molecular formula is C18H16N6O2S. The molecule has 4 rings (SSSR count). The van der Waals surface area contributed by atoms with Gasteiger partial charge in [-0.1, -0.05) is 47.7 Å². The largest absolute Gasteiger partial charge is 0.352 e. The van der Waals surface area contributed by atoms with E-state index in [9.17, 15) is 9.59 Å². The smallest absolute Gasteiger partial charge is 0.324 e. The zero-order valence-electron chi connectivity index (χ0n) is 14.2. The van der Waals surface area contributed by atoms with Gasteiger partial charge in [0.15, 0.2) is 5.01 Å². The lowest BCUT2D eigenvalue weighted by molar-refractivity contribution is -0.127. The first-order valence-electron chi connectivity index (χ1n) is 8.37. The number of pyridine rings is 1. The Kier molecular flexibility index (Phi) is 4.75. The van der Waals surface area contributed by atoms with Gasteiger partial charge in [-0.2, -0.15) is 0 Å². The minimum Gasteiger partial charge on any atom is -0.352 e. The second-order valence-electron chi connectivity index (χ2n) is 5.86. The predicted molar refractivity (Wildman–Crippen MR) is 101 cm³/mol. The Morgan fingerprint density at radius 3 is 2.74 bits per heavy atom. The van der Waals surface area contributed by atoms with Gasteiger partial charge in [-0.3, -0.25) is 15.1 Å². The van der Waals surface area contributed by atoms with Crippen molar-refractivity contribution in [1.82, 2.24) is 25.4 Å². The van der Waals surface area contributed by atoms with Crippen LogP contribution in [0.4, 0.5) is 9.93 Å². The van der Waals surface area contributed by atoms with Crippen molar-refractivity contribution in [2.24, 2.45) is 0 Å². The quantitative estimate of drug-likeness (QED) is 0.726. The summed E-state index contributed by atoms with van der Waals surface area (Å²) in [5, 5.41) is 14.6. The van der Waals surface area contributed by atoms with Gasteiger partial charge in [-0.15, -0.1) is 10.2 Å². The standard InChI is InChI=1S/C18H16N6O2S/c25-15-14(12-6-2-1-3-7-12)24(11-10-20-15)18(26)21-17-23-22-16(27-17)13-8-4-5-9-19-13/h1-9,14H,10-11H2,(H,20,25)(H,21,23,26). The number of hydrogen-bond acceptors (Lipinski definition) is 6. The van der Waals surface area contributed by atoms with Crippen molar-refractivity contribution in [3.8, 4) is 10.7 Å². The molecule has 3 heterocycles. The first kappa shape index (κ1) is 17.1. The van der Waals surface area contributed by atoms with E-state index >= 15 is 0 Å². The maximum absolute atomic E-state index is 12.8. The van der Waals surface area contributed by atoms with Crippen LogP contribution in [0.5, 0.6) is 0 Å². The summed E-state index contributed by atoms with van der Waals surface area (Å²) < 4.78 is 0. The summed E-state index contributed by atoms with van der Waals surface area (Å²) in [4.78, 5) is 30.9. The second-order valence-corrected chi connectivity index (χ2v) is 6.83. The molecule has 1 atom stereocenters. The van der Waals surface area contributed by atoms with E-state index < -0.39 is 6.04 Å². The van der Waals surface area contributed by atoms with Crippen molar-refractivity contribution in [2.75, 3.05) is 18.4 Å². The minimum atomic E-state index is -0.678. The molecule has 1 aromatic carbocycles. The third-order valence-corrected chi connectivity index (χ3v) is 4.97. The fourth-order valence-corrected chi connectivity index (χ4v) is 3.59. The number of amides is 3. The molecular weight excluding hydrogens is 364 g/mol. The molecule has 0 aliphatic carbocycles. The number of aromatic nitrogens is 3. The van der Waals surface area contributed by atoms with Crippen LogP contribution in [-0.2, 0) is 4.79 Å². The van der Waals surface area contributed by atoms with Gasteiger partial charge in [-0.25, -0.2) is 4.79 Å². The molecule has 3 aromatic rings. The molecule has 1 aliphatic rings. The van der Waals surface area contributed by atoms with Crippen molar-refractivity contribution < 1.29 is 9.59 Å². The number of hydrogen-bond donors (Lipinski definition) is 2. The molecule has 0 radical (unpaired) electrons. The topological polar surface area (TPSA) is 100 Å². The lowest BCUT2D eigenvalue weighted by Gasteiger charge is -2.34. The third kappa shape index (κ3) is 3.63. The number of nitrogens with one attached hydrogen (secondary N) is 2. The fourth-order valence-electron chi connectivity index (χ4n) is 2.88. The van der Waals surface area contributed by atoms with E-state index in [1.165, 1.54) is 16.2 Å². The van der Waals surface area contributed by atoms with Crippen LogP contribution < -0.4 is 10.6 Å². The van der Waals surface area contributed by atoms with Crippen LogP contribution in [0, 0.1) is 0 Å². The lowest BCUT2D eigenvalue weighted by atomic mass is 10.0. The summed E-state index contributed by atoms with van der Waals surface area (Å²) in [5.74, 6) is -0.200. The van der Waals surface area contributed by atoms with Gasteiger partial charge in [0.05, 0.1) is 0 Å². The number of benzene rings is 1. The average molecular weight is 380 g/mol. The number of carbonyl (C=O) groups excluding carboxylic acids is 2. The number of urea groups is 1. The fraction of sp³-hybridized carbons (Fsp3) is 0.167. The van der Waals surface area contributed by atoms with Crippen LogP contribution >= 0.6 is 11.3 Å². The Balaban J connectivity index is 1.53. The Hall–Kier alpha value is -3.33. The van der Waals surface area contributed by atoms with Gasteiger partial charge < -0.3 is 10.2 Å². The molecule has 2 aromatic heterocycles. The highest BCUT2D eigenvalue weighted by Gasteiger charge is 2.34.